The van der Waals surface area contributed by atoms with Crippen molar-refractivity contribution in [3.63, 3.8) is 0 Å². The standard InChI is InChI=1S/C15H23FN2/c1-3-5-14(11-17-4-2)18-9-8-12-6-7-13(16)10-15(12)18/h6-7,10,14,17H,3-5,8-9,11H2,1-2H3. The van der Waals surface area contributed by atoms with Gasteiger partial charge in [0.2, 0.25) is 0 Å². The minimum atomic E-state index is -0.126. The largest absolute Gasteiger partial charge is 0.367 e. The maximum Gasteiger partial charge on any atom is 0.125 e. The third-order valence-electron chi connectivity index (χ3n) is 3.67. The van der Waals surface area contributed by atoms with E-state index < -0.39 is 0 Å². The van der Waals surface area contributed by atoms with Crippen LogP contribution in [0.5, 0.6) is 0 Å². The molecule has 0 spiro atoms. The number of benzene rings is 1. The number of likely N-dealkylation sites (N-methyl/N-ethyl adjacent to an activating group) is 1. The first kappa shape index (κ1) is 13.3. The third kappa shape index (κ3) is 2.83. The number of fused-ring (bicyclic) bond motifs is 1. The Bertz CT molecular complexity index is 392. The normalized spacial score (nSPS) is 15.8. The highest BCUT2D eigenvalue weighted by Crippen LogP contribution is 2.31. The molecule has 1 aliphatic heterocycles. The van der Waals surface area contributed by atoms with Crippen LogP contribution in [0.15, 0.2) is 18.2 Å². The van der Waals surface area contributed by atoms with Gasteiger partial charge in [-0.25, -0.2) is 4.39 Å². The van der Waals surface area contributed by atoms with E-state index in [0.29, 0.717) is 6.04 Å². The molecule has 1 aromatic carbocycles. The lowest BCUT2D eigenvalue weighted by Crippen LogP contribution is -2.41. The van der Waals surface area contributed by atoms with Gasteiger partial charge in [-0.15, -0.1) is 0 Å². The Morgan fingerprint density at radius 1 is 1.39 bits per heavy atom. The van der Waals surface area contributed by atoms with Gasteiger partial charge in [0.25, 0.3) is 0 Å². The lowest BCUT2D eigenvalue weighted by Gasteiger charge is -2.30. The topological polar surface area (TPSA) is 15.3 Å². The smallest absolute Gasteiger partial charge is 0.125 e. The van der Waals surface area contributed by atoms with Gasteiger partial charge >= 0.3 is 0 Å². The molecule has 1 aliphatic rings. The summed E-state index contributed by atoms with van der Waals surface area (Å²) in [5.74, 6) is -0.126. The molecule has 0 aliphatic carbocycles. The summed E-state index contributed by atoms with van der Waals surface area (Å²) < 4.78 is 13.4. The van der Waals surface area contributed by atoms with Gasteiger partial charge in [-0.2, -0.15) is 0 Å². The molecule has 1 aromatic rings. The molecule has 0 fully saturated rings. The van der Waals surface area contributed by atoms with E-state index in [2.05, 4.69) is 24.1 Å². The van der Waals surface area contributed by atoms with Gasteiger partial charge in [-0.05, 0) is 37.1 Å². The Morgan fingerprint density at radius 3 is 2.94 bits per heavy atom. The molecule has 100 valence electrons. The molecular formula is C15H23FN2. The lowest BCUT2D eigenvalue weighted by molar-refractivity contribution is 0.513. The van der Waals surface area contributed by atoms with E-state index in [1.54, 1.807) is 12.1 Å². The number of rotatable bonds is 6. The highest BCUT2D eigenvalue weighted by Gasteiger charge is 2.25. The van der Waals surface area contributed by atoms with Crippen molar-refractivity contribution < 1.29 is 4.39 Å². The number of nitrogens with one attached hydrogen (secondary N) is 1. The van der Waals surface area contributed by atoms with Crippen molar-refractivity contribution in [1.29, 1.82) is 0 Å². The van der Waals surface area contributed by atoms with Crippen LogP contribution in [-0.4, -0.2) is 25.7 Å². The quantitative estimate of drug-likeness (QED) is 0.835. The fourth-order valence-corrected chi connectivity index (χ4v) is 2.77. The summed E-state index contributed by atoms with van der Waals surface area (Å²) >= 11 is 0. The molecule has 0 saturated heterocycles. The highest BCUT2D eigenvalue weighted by molar-refractivity contribution is 5.59. The number of nitrogens with zero attached hydrogens (tertiary/aromatic N) is 1. The summed E-state index contributed by atoms with van der Waals surface area (Å²) in [6, 6.07) is 5.68. The van der Waals surface area contributed by atoms with E-state index in [1.165, 1.54) is 5.56 Å². The first-order chi connectivity index (χ1) is 8.76. The molecule has 0 bridgehead atoms. The molecule has 18 heavy (non-hydrogen) atoms. The van der Waals surface area contributed by atoms with Gasteiger partial charge in [0, 0.05) is 24.8 Å². The molecule has 0 radical (unpaired) electrons. The summed E-state index contributed by atoms with van der Waals surface area (Å²) in [7, 11) is 0. The maximum atomic E-state index is 13.4. The second kappa shape index (κ2) is 6.19. The molecule has 1 N–H and O–H groups in total. The van der Waals surface area contributed by atoms with Gasteiger partial charge in [-0.1, -0.05) is 26.3 Å². The summed E-state index contributed by atoms with van der Waals surface area (Å²) in [4.78, 5) is 2.38. The minimum absolute atomic E-state index is 0.126. The SMILES string of the molecule is CCCC(CNCC)N1CCc2ccc(F)cc21. The number of halogens is 1. The van der Waals surface area contributed by atoms with Crippen molar-refractivity contribution in [2.24, 2.45) is 0 Å². The van der Waals surface area contributed by atoms with Crippen LogP contribution >= 0.6 is 0 Å². The van der Waals surface area contributed by atoms with E-state index in [1.807, 2.05) is 6.07 Å². The first-order valence-corrected chi connectivity index (χ1v) is 7.02. The Morgan fingerprint density at radius 2 is 2.22 bits per heavy atom. The number of hydrogen-bond acceptors (Lipinski definition) is 2. The fraction of sp³-hybridized carbons (Fsp3) is 0.600. The first-order valence-electron chi connectivity index (χ1n) is 7.02. The zero-order chi connectivity index (χ0) is 13.0. The lowest BCUT2D eigenvalue weighted by atomic mass is 10.1. The van der Waals surface area contributed by atoms with E-state index in [4.69, 9.17) is 0 Å². The van der Waals surface area contributed by atoms with Crippen molar-refractivity contribution >= 4 is 5.69 Å². The number of hydrogen-bond donors (Lipinski definition) is 1. The van der Waals surface area contributed by atoms with Gasteiger partial charge in [0.05, 0.1) is 0 Å². The summed E-state index contributed by atoms with van der Waals surface area (Å²) in [6.45, 7) is 7.33. The predicted octanol–water partition coefficient (Wildman–Crippen LogP) is 2.97. The van der Waals surface area contributed by atoms with Crippen molar-refractivity contribution in [1.82, 2.24) is 5.32 Å². The van der Waals surface area contributed by atoms with Crippen LogP contribution in [0.2, 0.25) is 0 Å². The highest BCUT2D eigenvalue weighted by atomic mass is 19.1. The molecule has 2 rings (SSSR count). The van der Waals surface area contributed by atoms with Crippen LogP contribution in [0.4, 0.5) is 10.1 Å². The molecule has 1 atom stereocenters. The van der Waals surface area contributed by atoms with Crippen LogP contribution < -0.4 is 10.2 Å². The van der Waals surface area contributed by atoms with Crippen molar-refractivity contribution in [3.05, 3.63) is 29.6 Å². The Kier molecular flexibility index (Phi) is 4.59. The Hall–Kier alpha value is -1.09. The Labute approximate surface area is 109 Å². The summed E-state index contributed by atoms with van der Waals surface area (Å²) in [6.07, 6.45) is 3.36. The summed E-state index contributed by atoms with van der Waals surface area (Å²) in [5.41, 5.74) is 2.39. The fourth-order valence-electron chi connectivity index (χ4n) is 2.77. The zero-order valence-corrected chi connectivity index (χ0v) is 11.4. The molecule has 0 aromatic heterocycles. The van der Waals surface area contributed by atoms with E-state index in [0.717, 1.165) is 44.6 Å². The molecule has 0 amide bonds. The van der Waals surface area contributed by atoms with E-state index in [-0.39, 0.29) is 5.82 Å². The van der Waals surface area contributed by atoms with Crippen molar-refractivity contribution in [3.8, 4) is 0 Å². The van der Waals surface area contributed by atoms with Gasteiger partial charge in [0.15, 0.2) is 0 Å². The second-order valence-corrected chi connectivity index (χ2v) is 4.97. The summed E-state index contributed by atoms with van der Waals surface area (Å²) in [5, 5.41) is 3.42. The predicted molar refractivity (Wildman–Crippen MR) is 74.7 cm³/mol. The Balaban J connectivity index is 2.15. The van der Waals surface area contributed by atoms with Crippen LogP contribution in [0.1, 0.15) is 32.3 Å². The molecule has 2 nitrogen and oxygen atoms in total. The van der Waals surface area contributed by atoms with Crippen molar-refractivity contribution in [2.45, 2.75) is 39.2 Å². The third-order valence-corrected chi connectivity index (χ3v) is 3.67. The van der Waals surface area contributed by atoms with Gasteiger partial charge in [-0.3, -0.25) is 0 Å². The van der Waals surface area contributed by atoms with Crippen LogP contribution in [0.3, 0.4) is 0 Å². The van der Waals surface area contributed by atoms with E-state index >= 15 is 0 Å². The average Bonchev–Trinajstić information content (AvgIpc) is 2.77. The van der Waals surface area contributed by atoms with Crippen molar-refractivity contribution in [2.75, 3.05) is 24.5 Å². The zero-order valence-electron chi connectivity index (χ0n) is 11.4. The maximum absolute atomic E-state index is 13.4. The number of anilines is 1. The minimum Gasteiger partial charge on any atom is -0.367 e. The molecule has 0 saturated carbocycles. The molecule has 1 heterocycles. The van der Waals surface area contributed by atoms with Gasteiger partial charge in [0.1, 0.15) is 5.82 Å². The van der Waals surface area contributed by atoms with E-state index in [9.17, 15) is 4.39 Å². The van der Waals surface area contributed by atoms with Crippen LogP contribution in [0.25, 0.3) is 0 Å². The molecular weight excluding hydrogens is 227 g/mol. The molecule has 3 heteroatoms. The van der Waals surface area contributed by atoms with Gasteiger partial charge < -0.3 is 10.2 Å². The monoisotopic (exact) mass is 250 g/mol. The van der Waals surface area contributed by atoms with Crippen LogP contribution in [-0.2, 0) is 6.42 Å². The average molecular weight is 250 g/mol. The second-order valence-electron chi connectivity index (χ2n) is 4.97. The van der Waals surface area contributed by atoms with Crippen LogP contribution in [0, 0.1) is 5.82 Å². The molecule has 1 unspecified atom stereocenters.